The van der Waals surface area contributed by atoms with Gasteiger partial charge in [-0.25, -0.2) is 4.39 Å². The van der Waals surface area contributed by atoms with Crippen LogP contribution < -0.4 is 10.6 Å². The van der Waals surface area contributed by atoms with Crippen molar-refractivity contribution in [1.82, 2.24) is 5.32 Å². The van der Waals surface area contributed by atoms with Crippen LogP contribution in [0.4, 0.5) is 10.1 Å². The number of hydrogen-bond acceptors (Lipinski definition) is 2. The van der Waals surface area contributed by atoms with Crippen LogP contribution in [-0.2, 0) is 0 Å². The van der Waals surface area contributed by atoms with E-state index in [9.17, 15) is 4.39 Å². The van der Waals surface area contributed by atoms with Crippen molar-refractivity contribution < 1.29 is 4.39 Å². The summed E-state index contributed by atoms with van der Waals surface area (Å²) >= 11 is 0. The van der Waals surface area contributed by atoms with E-state index in [4.69, 9.17) is 0 Å². The quantitative estimate of drug-likeness (QED) is 0.876. The summed E-state index contributed by atoms with van der Waals surface area (Å²) in [5.74, 6) is 0.571. The van der Waals surface area contributed by atoms with Gasteiger partial charge in [-0.1, -0.05) is 12.8 Å². The number of benzene rings is 1. The van der Waals surface area contributed by atoms with Crippen molar-refractivity contribution in [2.75, 3.05) is 11.9 Å². The fourth-order valence-corrected chi connectivity index (χ4v) is 3.89. The van der Waals surface area contributed by atoms with Crippen LogP contribution in [0.5, 0.6) is 0 Å². The fraction of sp³-hybridized carbons (Fsp3) is 0.647. The van der Waals surface area contributed by atoms with Crippen molar-refractivity contribution in [3.8, 4) is 0 Å². The van der Waals surface area contributed by atoms with Gasteiger partial charge in [-0.2, -0.15) is 0 Å². The van der Waals surface area contributed by atoms with Crippen LogP contribution in [0.15, 0.2) is 18.2 Å². The lowest BCUT2D eigenvalue weighted by Gasteiger charge is -2.37. The molecule has 2 aliphatic rings. The maximum Gasteiger partial charge on any atom is 0.123 e. The van der Waals surface area contributed by atoms with Gasteiger partial charge in [0.1, 0.15) is 5.82 Å². The standard InChI is InChI=1S/C17H25FN2/c1-12-11-13(18)8-9-15(12)20-17-6-3-2-5-14(17)16-7-4-10-19-16/h8-9,11,14,16-17,19-20H,2-7,10H2,1H3. The van der Waals surface area contributed by atoms with Gasteiger partial charge in [-0.3, -0.25) is 0 Å². The minimum absolute atomic E-state index is 0.147. The minimum Gasteiger partial charge on any atom is -0.382 e. The Bertz CT molecular complexity index is 454. The molecule has 110 valence electrons. The lowest BCUT2D eigenvalue weighted by Crippen LogP contribution is -2.43. The van der Waals surface area contributed by atoms with Gasteiger partial charge in [0.05, 0.1) is 0 Å². The zero-order valence-corrected chi connectivity index (χ0v) is 12.3. The smallest absolute Gasteiger partial charge is 0.123 e. The van der Waals surface area contributed by atoms with E-state index in [1.165, 1.54) is 45.1 Å². The molecule has 2 N–H and O–H groups in total. The van der Waals surface area contributed by atoms with Crippen LogP contribution >= 0.6 is 0 Å². The molecule has 0 bridgehead atoms. The topological polar surface area (TPSA) is 24.1 Å². The van der Waals surface area contributed by atoms with E-state index in [-0.39, 0.29) is 5.82 Å². The number of nitrogens with one attached hydrogen (secondary N) is 2. The molecule has 3 atom stereocenters. The van der Waals surface area contributed by atoms with Crippen molar-refractivity contribution in [2.45, 2.75) is 57.5 Å². The predicted octanol–water partition coefficient (Wildman–Crippen LogP) is 3.86. The highest BCUT2D eigenvalue weighted by Crippen LogP contribution is 2.33. The molecule has 3 rings (SSSR count). The molecule has 2 fully saturated rings. The zero-order valence-electron chi connectivity index (χ0n) is 12.3. The van der Waals surface area contributed by atoms with Gasteiger partial charge in [-0.05, 0) is 68.8 Å². The first-order valence-electron chi connectivity index (χ1n) is 8.00. The van der Waals surface area contributed by atoms with Crippen molar-refractivity contribution in [2.24, 2.45) is 5.92 Å². The summed E-state index contributed by atoms with van der Waals surface area (Å²) in [5.41, 5.74) is 2.11. The van der Waals surface area contributed by atoms with E-state index in [0.29, 0.717) is 12.1 Å². The number of anilines is 1. The molecule has 1 aliphatic heterocycles. The molecule has 0 spiro atoms. The lowest BCUT2D eigenvalue weighted by atomic mass is 9.79. The predicted molar refractivity (Wildman–Crippen MR) is 81.5 cm³/mol. The summed E-state index contributed by atoms with van der Waals surface area (Å²) in [5, 5.41) is 7.36. The van der Waals surface area contributed by atoms with Gasteiger partial charge in [-0.15, -0.1) is 0 Å². The Morgan fingerprint density at radius 3 is 2.75 bits per heavy atom. The SMILES string of the molecule is Cc1cc(F)ccc1NC1CCCCC1C1CCCN1. The Balaban J connectivity index is 1.72. The van der Waals surface area contributed by atoms with Crippen molar-refractivity contribution >= 4 is 5.69 Å². The van der Waals surface area contributed by atoms with Gasteiger partial charge < -0.3 is 10.6 Å². The summed E-state index contributed by atoms with van der Waals surface area (Å²) in [4.78, 5) is 0. The molecule has 0 aromatic heterocycles. The molecule has 1 aliphatic carbocycles. The van der Waals surface area contributed by atoms with Crippen LogP contribution in [0.2, 0.25) is 0 Å². The molecule has 1 aromatic rings. The molecular formula is C17H25FN2. The third kappa shape index (κ3) is 2.98. The van der Waals surface area contributed by atoms with Gasteiger partial charge in [0, 0.05) is 17.8 Å². The highest BCUT2D eigenvalue weighted by molar-refractivity contribution is 5.51. The van der Waals surface area contributed by atoms with E-state index in [1.54, 1.807) is 12.1 Å². The molecule has 2 nitrogen and oxygen atoms in total. The van der Waals surface area contributed by atoms with Gasteiger partial charge in [0.2, 0.25) is 0 Å². The first-order chi connectivity index (χ1) is 9.74. The summed E-state index contributed by atoms with van der Waals surface area (Å²) < 4.78 is 13.2. The molecule has 20 heavy (non-hydrogen) atoms. The Hall–Kier alpha value is -1.09. The molecule has 1 saturated carbocycles. The van der Waals surface area contributed by atoms with E-state index in [1.807, 2.05) is 13.0 Å². The fourth-order valence-electron chi connectivity index (χ4n) is 3.89. The molecule has 0 amide bonds. The molecule has 1 saturated heterocycles. The Labute approximate surface area is 121 Å². The second-order valence-electron chi connectivity index (χ2n) is 6.36. The van der Waals surface area contributed by atoms with Gasteiger partial charge >= 0.3 is 0 Å². The van der Waals surface area contributed by atoms with Crippen LogP contribution in [0.25, 0.3) is 0 Å². The normalized spacial score (nSPS) is 30.4. The van der Waals surface area contributed by atoms with Crippen molar-refractivity contribution in [3.63, 3.8) is 0 Å². The Morgan fingerprint density at radius 1 is 1.15 bits per heavy atom. The lowest BCUT2D eigenvalue weighted by molar-refractivity contribution is 0.262. The van der Waals surface area contributed by atoms with E-state index in [0.717, 1.165) is 17.2 Å². The van der Waals surface area contributed by atoms with E-state index in [2.05, 4.69) is 10.6 Å². The molecule has 1 heterocycles. The molecular weight excluding hydrogens is 251 g/mol. The van der Waals surface area contributed by atoms with E-state index < -0.39 is 0 Å². The number of halogens is 1. The third-order valence-electron chi connectivity index (χ3n) is 4.96. The largest absolute Gasteiger partial charge is 0.382 e. The first-order valence-corrected chi connectivity index (χ1v) is 8.00. The van der Waals surface area contributed by atoms with Crippen LogP contribution in [0.3, 0.4) is 0 Å². The maximum atomic E-state index is 13.2. The molecule has 3 heteroatoms. The Morgan fingerprint density at radius 2 is 2.00 bits per heavy atom. The van der Waals surface area contributed by atoms with Crippen LogP contribution in [0, 0.1) is 18.7 Å². The van der Waals surface area contributed by atoms with Crippen LogP contribution in [0.1, 0.15) is 44.1 Å². The number of hydrogen-bond donors (Lipinski definition) is 2. The molecule has 3 unspecified atom stereocenters. The monoisotopic (exact) mass is 276 g/mol. The summed E-state index contributed by atoms with van der Waals surface area (Å²) in [7, 11) is 0. The first kappa shape index (κ1) is 13.9. The van der Waals surface area contributed by atoms with Gasteiger partial charge in [0.15, 0.2) is 0 Å². The van der Waals surface area contributed by atoms with Crippen molar-refractivity contribution in [3.05, 3.63) is 29.6 Å². The summed E-state index contributed by atoms with van der Waals surface area (Å²) in [6.07, 6.45) is 7.83. The summed E-state index contributed by atoms with van der Waals surface area (Å²) in [6, 6.07) is 6.27. The van der Waals surface area contributed by atoms with Gasteiger partial charge in [0.25, 0.3) is 0 Å². The molecule has 1 aromatic carbocycles. The van der Waals surface area contributed by atoms with E-state index >= 15 is 0 Å². The highest BCUT2D eigenvalue weighted by atomic mass is 19.1. The average Bonchev–Trinajstić information content (AvgIpc) is 2.96. The maximum absolute atomic E-state index is 13.2. The van der Waals surface area contributed by atoms with Crippen LogP contribution in [-0.4, -0.2) is 18.6 Å². The zero-order chi connectivity index (χ0) is 13.9. The minimum atomic E-state index is -0.147. The van der Waals surface area contributed by atoms with Crippen molar-refractivity contribution in [1.29, 1.82) is 0 Å². The second-order valence-corrected chi connectivity index (χ2v) is 6.36. The third-order valence-corrected chi connectivity index (χ3v) is 4.96. The summed E-state index contributed by atoms with van der Waals surface area (Å²) in [6.45, 7) is 3.15. The Kier molecular flexibility index (Phi) is 4.25. The number of aryl methyl sites for hydroxylation is 1. The number of rotatable bonds is 3. The highest BCUT2D eigenvalue weighted by Gasteiger charge is 2.33. The molecule has 0 radical (unpaired) electrons. The second kappa shape index (κ2) is 6.13. The average molecular weight is 276 g/mol.